The summed E-state index contributed by atoms with van der Waals surface area (Å²) >= 11 is 6.75. The molecule has 19 heavy (non-hydrogen) atoms. The first-order valence-electron chi connectivity index (χ1n) is 5.86. The molecule has 0 saturated carbocycles. The van der Waals surface area contributed by atoms with Gasteiger partial charge in [0, 0.05) is 17.1 Å². The van der Waals surface area contributed by atoms with Crippen LogP contribution in [0.25, 0.3) is 0 Å². The third-order valence-corrected chi connectivity index (χ3v) is 3.97. The molecular formula is C15H14FNS2. The molecule has 0 aliphatic carbocycles. The van der Waals surface area contributed by atoms with E-state index in [2.05, 4.69) is 0 Å². The maximum atomic E-state index is 13.0. The van der Waals surface area contributed by atoms with Gasteiger partial charge in [-0.15, -0.1) is 0 Å². The average molecular weight is 291 g/mol. The van der Waals surface area contributed by atoms with Gasteiger partial charge in [-0.05, 0) is 23.3 Å². The van der Waals surface area contributed by atoms with Gasteiger partial charge in [-0.1, -0.05) is 48.6 Å². The minimum Gasteiger partial charge on any atom is -0.389 e. The summed E-state index contributed by atoms with van der Waals surface area (Å²) in [7, 11) is 0. The van der Waals surface area contributed by atoms with E-state index in [1.807, 2.05) is 30.3 Å². The molecule has 2 aromatic rings. The molecule has 0 unspecified atom stereocenters. The zero-order valence-electron chi connectivity index (χ0n) is 10.3. The molecule has 98 valence electrons. The second kappa shape index (κ2) is 6.68. The van der Waals surface area contributed by atoms with Crippen molar-refractivity contribution in [1.29, 1.82) is 0 Å². The van der Waals surface area contributed by atoms with Crippen molar-refractivity contribution >= 4 is 29.0 Å². The molecule has 0 aromatic heterocycles. The van der Waals surface area contributed by atoms with Crippen molar-refractivity contribution in [1.82, 2.24) is 0 Å². The van der Waals surface area contributed by atoms with Gasteiger partial charge in [0.1, 0.15) is 10.8 Å². The van der Waals surface area contributed by atoms with Gasteiger partial charge >= 0.3 is 0 Å². The van der Waals surface area contributed by atoms with Gasteiger partial charge in [0.15, 0.2) is 0 Å². The van der Waals surface area contributed by atoms with E-state index >= 15 is 0 Å². The summed E-state index contributed by atoms with van der Waals surface area (Å²) in [5.41, 5.74) is 8.72. The number of thioether (sulfide) groups is 1. The summed E-state index contributed by atoms with van der Waals surface area (Å²) in [6.07, 6.45) is 0. The van der Waals surface area contributed by atoms with E-state index in [9.17, 15) is 4.39 Å². The van der Waals surface area contributed by atoms with Crippen LogP contribution in [-0.4, -0.2) is 4.99 Å². The predicted molar refractivity (Wildman–Crippen MR) is 83.7 cm³/mol. The van der Waals surface area contributed by atoms with Gasteiger partial charge in [-0.2, -0.15) is 11.8 Å². The number of rotatable bonds is 5. The summed E-state index contributed by atoms with van der Waals surface area (Å²) < 4.78 is 13.0. The largest absolute Gasteiger partial charge is 0.389 e. The highest BCUT2D eigenvalue weighted by molar-refractivity contribution is 7.97. The van der Waals surface area contributed by atoms with Crippen molar-refractivity contribution in [2.75, 3.05) is 0 Å². The Hall–Kier alpha value is -1.39. The number of thiocarbonyl (C=S) groups is 1. The summed E-state index contributed by atoms with van der Waals surface area (Å²) in [4.78, 5) is 0.418. The SMILES string of the molecule is NC(=S)c1ccccc1CSCc1cccc(F)c1. The monoisotopic (exact) mass is 291 g/mol. The van der Waals surface area contributed by atoms with Crippen LogP contribution < -0.4 is 5.73 Å². The molecule has 0 atom stereocenters. The van der Waals surface area contributed by atoms with E-state index in [1.54, 1.807) is 23.9 Å². The zero-order valence-corrected chi connectivity index (χ0v) is 11.9. The highest BCUT2D eigenvalue weighted by Gasteiger charge is 2.04. The van der Waals surface area contributed by atoms with Crippen molar-refractivity contribution < 1.29 is 4.39 Å². The molecule has 0 aliphatic heterocycles. The third kappa shape index (κ3) is 4.04. The van der Waals surface area contributed by atoms with E-state index in [1.165, 1.54) is 6.07 Å². The Morgan fingerprint density at radius 3 is 2.63 bits per heavy atom. The Morgan fingerprint density at radius 2 is 1.89 bits per heavy atom. The lowest BCUT2D eigenvalue weighted by atomic mass is 10.1. The van der Waals surface area contributed by atoms with Crippen LogP contribution in [0, 0.1) is 5.82 Å². The molecule has 0 spiro atoms. The minimum absolute atomic E-state index is 0.193. The molecule has 0 fully saturated rings. The molecule has 0 aliphatic rings. The minimum atomic E-state index is -0.193. The van der Waals surface area contributed by atoms with Gasteiger partial charge in [-0.25, -0.2) is 4.39 Å². The van der Waals surface area contributed by atoms with Crippen LogP contribution in [-0.2, 0) is 11.5 Å². The van der Waals surface area contributed by atoms with Crippen LogP contribution in [0.4, 0.5) is 4.39 Å². The van der Waals surface area contributed by atoms with Crippen LogP contribution >= 0.6 is 24.0 Å². The van der Waals surface area contributed by atoms with Crippen LogP contribution in [0.15, 0.2) is 48.5 Å². The Bertz CT molecular complexity index is 584. The number of nitrogens with two attached hydrogens (primary N) is 1. The Morgan fingerprint density at radius 1 is 1.11 bits per heavy atom. The topological polar surface area (TPSA) is 26.0 Å². The lowest BCUT2D eigenvalue weighted by molar-refractivity contribution is 0.626. The number of hydrogen-bond acceptors (Lipinski definition) is 2. The third-order valence-electron chi connectivity index (χ3n) is 2.70. The van der Waals surface area contributed by atoms with Gasteiger partial charge in [0.2, 0.25) is 0 Å². The lowest BCUT2D eigenvalue weighted by Gasteiger charge is -2.08. The first-order valence-corrected chi connectivity index (χ1v) is 7.43. The van der Waals surface area contributed by atoms with Crippen LogP contribution in [0.3, 0.4) is 0 Å². The van der Waals surface area contributed by atoms with Crippen molar-refractivity contribution in [2.24, 2.45) is 5.73 Å². The van der Waals surface area contributed by atoms with Crippen molar-refractivity contribution in [3.63, 3.8) is 0 Å². The highest BCUT2D eigenvalue weighted by atomic mass is 32.2. The lowest BCUT2D eigenvalue weighted by Crippen LogP contribution is -2.11. The van der Waals surface area contributed by atoms with Gasteiger partial charge in [0.05, 0.1) is 0 Å². The smallest absolute Gasteiger partial charge is 0.123 e. The van der Waals surface area contributed by atoms with Gasteiger partial charge < -0.3 is 5.73 Å². The standard InChI is InChI=1S/C15H14FNS2/c16-13-6-3-4-11(8-13)9-19-10-12-5-1-2-7-14(12)15(17)18/h1-8H,9-10H2,(H2,17,18). The fraction of sp³-hybridized carbons (Fsp3) is 0.133. The molecule has 1 nitrogen and oxygen atoms in total. The quantitative estimate of drug-likeness (QED) is 0.846. The van der Waals surface area contributed by atoms with E-state index in [-0.39, 0.29) is 5.82 Å². The molecule has 0 radical (unpaired) electrons. The van der Waals surface area contributed by atoms with Crippen LogP contribution in [0.1, 0.15) is 16.7 Å². The van der Waals surface area contributed by atoms with E-state index < -0.39 is 0 Å². The number of benzene rings is 2. The summed E-state index contributed by atoms with van der Waals surface area (Å²) in [6, 6.07) is 14.5. The fourth-order valence-corrected chi connectivity index (χ4v) is 2.98. The average Bonchev–Trinajstić information content (AvgIpc) is 2.39. The van der Waals surface area contributed by atoms with E-state index in [0.29, 0.717) is 4.99 Å². The van der Waals surface area contributed by atoms with Crippen LogP contribution in [0.5, 0.6) is 0 Å². The molecule has 0 amide bonds. The van der Waals surface area contributed by atoms with E-state index in [4.69, 9.17) is 18.0 Å². The van der Waals surface area contributed by atoms with Crippen molar-refractivity contribution in [3.8, 4) is 0 Å². The number of halogens is 1. The zero-order chi connectivity index (χ0) is 13.7. The van der Waals surface area contributed by atoms with Gasteiger partial charge in [0.25, 0.3) is 0 Å². The Labute approximate surface area is 122 Å². The maximum Gasteiger partial charge on any atom is 0.123 e. The molecular weight excluding hydrogens is 277 g/mol. The van der Waals surface area contributed by atoms with Crippen LogP contribution in [0.2, 0.25) is 0 Å². The summed E-state index contributed by atoms with van der Waals surface area (Å²) in [5.74, 6) is 1.38. The molecule has 0 bridgehead atoms. The second-order valence-corrected chi connectivity index (χ2v) is 5.57. The molecule has 4 heteroatoms. The molecule has 0 saturated heterocycles. The molecule has 2 aromatic carbocycles. The summed E-state index contributed by atoms with van der Waals surface area (Å²) in [5, 5.41) is 0. The predicted octanol–water partition coefficient (Wildman–Crippen LogP) is 3.89. The highest BCUT2D eigenvalue weighted by Crippen LogP contribution is 2.20. The Balaban J connectivity index is 1.98. The number of hydrogen-bond donors (Lipinski definition) is 1. The first-order chi connectivity index (χ1) is 9.16. The molecule has 0 heterocycles. The molecule has 2 rings (SSSR count). The maximum absolute atomic E-state index is 13.0. The second-order valence-electron chi connectivity index (χ2n) is 4.14. The van der Waals surface area contributed by atoms with Gasteiger partial charge in [-0.3, -0.25) is 0 Å². The normalized spacial score (nSPS) is 10.4. The molecule has 2 N–H and O–H groups in total. The van der Waals surface area contributed by atoms with Crippen molar-refractivity contribution in [2.45, 2.75) is 11.5 Å². The first kappa shape index (κ1) is 14.0. The van der Waals surface area contributed by atoms with E-state index in [0.717, 1.165) is 28.2 Å². The Kier molecular flexibility index (Phi) is 4.93. The summed E-state index contributed by atoms with van der Waals surface area (Å²) in [6.45, 7) is 0. The fourth-order valence-electron chi connectivity index (χ4n) is 1.79. The van der Waals surface area contributed by atoms with Crippen molar-refractivity contribution in [3.05, 3.63) is 71.0 Å².